The number of rotatable bonds is 4. The topological polar surface area (TPSA) is 90.0 Å². The van der Waals surface area contributed by atoms with Crippen LogP contribution in [0.2, 0.25) is 0 Å². The summed E-state index contributed by atoms with van der Waals surface area (Å²) in [5, 5.41) is 0. The van der Waals surface area contributed by atoms with Crippen LogP contribution in [0.3, 0.4) is 0 Å². The first-order valence-corrected chi connectivity index (χ1v) is 11.6. The van der Waals surface area contributed by atoms with Gasteiger partial charge >= 0.3 is 0 Å². The highest BCUT2D eigenvalue weighted by Gasteiger charge is 2.41. The maximum Gasteiger partial charge on any atom is 0.243 e. The summed E-state index contributed by atoms with van der Waals surface area (Å²) < 4.78 is 62.7. The molecule has 1 aromatic carbocycles. The summed E-state index contributed by atoms with van der Waals surface area (Å²) in [6, 6.07) is 3.83. The summed E-state index contributed by atoms with van der Waals surface area (Å²) >= 11 is 0. The van der Waals surface area contributed by atoms with Gasteiger partial charge < -0.3 is 9.47 Å². The first-order chi connectivity index (χ1) is 11.7. The van der Waals surface area contributed by atoms with Crippen LogP contribution >= 0.6 is 0 Å². The van der Waals surface area contributed by atoms with Gasteiger partial charge in [-0.15, -0.1) is 0 Å². The van der Waals surface area contributed by atoms with Gasteiger partial charge in [-0.3, -0.25) is 0 Å². The fourth-order valence-corrected chi connectivity index (χ4v) is 5.97. The van der Waals surface area contributed by atoms with E-state index >= 15 is 0 Å². The second-order valence-corrected chi connectivity index (χ2v) is 10.4. The molecule has 2 heterocycles. The number of hydrogen-bond acceptors (Lipinski definition) is 6. The second-order valence-electron chi connectivity index (χ2n) is 6.49. The van der Waals surface area contributed by atoms with E-state index in [1.54, 1.807) is 6.92 Å². The van der Waals surface area contributed by atoms with Crippen molar-refractivity contribution in [3.8, 4) is 0 Å². The molecule has 2 fully saturated rings. The summed E-state index contributed by atoms with van der Waals surface area (Å²) in [7, 11) is -7.35. The predicted molar refractivity (Wildman–Crippen MR) is 91.5 cm³/mol. The Labute approximate surface area is 148 Å². The zero-order valence-electron chi connectivity index (χ0n) is 14.3. The molecule has 0 aliphatic carbocycles. The van der Waals surface area contributed by atoms with E-state index in [2.05, 4.69) is 0 Å². The molecule has 1 aromatic rings. The monoisotopic (exact) mass is 389 g/mol. The lowest BCUT2D eigenvalue weighted by Gasteiger charge is -2.37. The third-order valence-corrected chi connectivity index (χ3v) is 7.81. The Bertz CT molecular complexity index is 843. The van der Waals surface area contributed by atoms with Crippen LogP contribution in [-0.2, 0) is 29.3 Å². The van der Waals surface area contributed by atoms with Crippen molar-refractivity contribution in [2.75, 3.05) is 26.0 Å². The number of sulfone groups is 1. The van der Waals surface area contributed by atoms with E-state index in [1.807, 2.05) is 0 Å². The van der Waals surface area contributed by atoms with Gasteiger partial charge in [0.25, 0.3) is 0 Å². The number of sulfonamides is 1. The van der Waals surface area contributed by atoms with E-state index in [4.69, 9.17) is 9.47 Å². The van der Waals surface area contributed by atoms with E-state index in [0.717, 1.165) is 19.1 Å². The van der Waals surface area contributed by atoms with Gasteiger partial charge in [0.05, 0.1) is 29.0 Å². The molecule has 140 valence electrons. The Kier molecular flexibility index (Phi) is 5.23. The van der Waals surface area contributed by atoms with E-state index in [-0.39, 0.29) is 15.8 Å². The number of hydrogen-bond donors (Lipinski definition) is 0. The van der Waals surface area contributed by atoms with Crippen LogP contribution in [0.4, 0.5) is 0 Å². The summed E-state index contributed by atoms with van der Waals surface area (Å²) in [6.07, 6.45) is 2.83. The van der Waals surface area contributed by atoms with E-state index < -0.39 is 26.2 Å². The summed E-state index contributed by atoms with van der Waals surface area (Å²) in [5.41, 5.74) is 0.519. The largest absolute Gasteiger partial charge is 0.349 e. The van der Waals surface area contributed by atoms with Crippen LogP contribution < -0.4 is 0 Å². The molecule has 0 aromatic heterocycles. The Morgan fingerprint density at radius 1 is 1.08 bits per heavy atom. The maximum absolute atomic E-state index is 13.3. The summed E-state index contributed by atoms with van der Waals surface area (Å²) in [5.74, 6) is 0. The highest BCUT2D eigenvalue weighted by atomic mass is 32.2. The lowest BCUT2D eigenvalue weighted by molar-refractivity contribution is -0.0913. The van der Waals surface area contributed by atoms with Crippen molar-refractivity contribution in [2.45, 2.75) is 48.3 Å². The standard InChI is InChI=1S/C16H23NO6S2/c1-12-6-7-13(24(2,18)19)11-15(12)25(20,21)17-8-4-3-5-14(17)16-22-9-10-23-16/h6-7,11,14,16H,3-5,8-10H2,1-2H3. The normalized spacial score (nSPS) is 23.8. The van der Waals surface area contributed by atoms with Gasteiger partial charge in [-0.1, -0.05) is 12.5 Å². The second kappa shape index (κ2) is 6.96. The zero-order chi connectivity index (χ0) is 18.2. The number of aryl methyl sites for hydroxylation is 1. The lowest BCUT2D eigenvalue weighted by Crippen LogP contribution is -2.50. The first-order valence-electron chi connectivity index (χ1n) is 8.27. The molecular formula is C16H23NO6S2. The molecule has 0 saturated carbocycles. The SMILES string of the molecule is Cc1ccc(S(C)(=O)=O)cc1S(=O)(=O)N1CCCCC1C1OCCO1. The van der Waals surface area contributed by atoms with Crippen molar-refractivity contribution in [1.29, 1.82) is 0 Å². The maximum atomic E-state index is 13.3. The van der Waals surface area contributed by atoms with E-state index in [9.17, 15) is 16.8 Å². The van der Waals surface area contributed by atoms with Gasteiger partial charge in [-0.05, 0) is 37.5 Å². The minimum absolute atomic E-state index is 0.00130. The zero-order valence-corrected chi connectivity index (χ0v) is 16.0. The van der Waals surface area contributed by atoms with Crippen LogP contribution in [0, 0.1) is 6.92 Å². The third-order valence-electron chi connectivity index (χ3n) is 4.63. The number of ether oxygens (including phenoxy) is 2. The van der Waals surface area contributed by atoms with E-state index in [0.29, 0.717) is 31.7 Å². The van der Waals surface area contributed by atoms with Crippen molar-refractivity contribution in [3.05, 3.63) is 23.8 Å². The van der Waals surface area contributed by atoms with Gasteiger partial charge in [-0.25, -0.2) is 16.8 Å². The van der Waals surface area contributed by atoms with Crippen molar-refractivity contribution in [3.63, 3.8) is 0 Å². The third kappa shape index (κ3) is 3.75. The summed E-state index contributed by atoms with van der Waals surface area (Å²) in [4.78, 5) is 0.0268. The molecule has 9 heteroatoms. The molecule has 2 saturated heterocycles. The number of benzene rings is 1. The van der Waals surface area contributed by atoms with Gasteiger partial charge in [0.15, 0.2) is 16.1 Å². The molecule has 1 atom stereocenters. The molecule has 25 heavy (non-hydrogen) atoms. The average Bonchev–Trinajstić information content (AvgIpc) is 3.08. The Morgan fingerprint density at radius 3 is 2.40 bits per heavy atom. The van der Waals surface area contributed by atoms with Crippen LogP contribution in [-0.4, -0.2) is 59.5 Å². The van der Waals surface area contributed by atoms with Crippen molar-refractivity contribution < 1.29 is 26.3 Å². The fraction of sp³-hybridized carbons (Fsp3) is 0.625. The molecule has 2 aliphatic heterocycles. The molecule has 0 radical (unpaired) electrons. The number of nitrogens with zero attached hydrogens (tertiary/aromatic N) is 1. The molecule has 3 rings (SSSR count). The predicted octanol–water partition coefficient (Wildman–Crippen LogP) is 1.31. The average molecular weight is 389 g/mol. The molecular weight excluding hydrogens is 366 g/mol. The van der Waals surface area contributed by atoms with Gasteiger partial charge in [-0.2, -0.15) is 4.31 Å². The van der Waals surface area contributed by atoms with Crippen LogP contribution in [0.25, 0.3) is 0 Å². The Morgan fingerprint density at radius 2 is 1.76 bits per heavy atom. The van der Waals surface area contributed by atoms with Crippen LogP contribution in [0.15, 0.2) is 28.0 Å². The van der Waals surface area contributed by atoms with Gasteiger partial charge in [0.1, 0.15) is 0 Å². The smallest absolute Gasteiger partial charge is 0.243 e. The van der Waals surface area contributed by atoms with Gasteiger partial charge in [0.2, 0.25) is 10.0 Å². The highest BCUT2D eigenvalue weighted by Crippen LogP contribution is 2.31. The number of piperidine rings is 1. The van der Waals surface area contributed by atoms with E-state index in [1.165, 1.54) is 22.5 Å². The summed E-state index contributed by atoms with van der Waals surface area (Å²) in [6.45, 7) is 2.95. The molecule has 0 spiro atoms. The minimum atomic E-state index is -3.85. The minimum Gasteiger partial charge on any atom is -0.349 e. The first kappa shape index (κ1) is 18.8. The molecule has 0 bridgehead atoms. The van der Waals surface area contributed by atoms with Crippen molar-refractivity contribution >= 4 is 19.9 Å². The van der Waals surface area contributed by atoms with Crippen LogP contribution in [0.1, 0.15) is 24.8 Å². The quantitative estimate of drug-likeness (QED) is 0.771. The molecule has 0 amide bonds. The fourth-order valence-electron chi connectivity index (χ4n) is 3.32. The Hall–Kier alpha value is -1.00. The van der Waals surface area contributed by atoms with Crippen molar-refractivity contribution in [1.82, 2.24) is 4.31 Å². The molecule has 2 aliphatic rings. The van der Waals surface area contributed by atoms with Crippen LogP contribution in [0.5, 0.6) is 0 Å². The molecule has 1 unspecified atom stereocenters. The highest BCUT2D eigenvalue weighted by molar-refractivity contribution is 7.91. The lowest BCUT2D eigenvalue weighted by atomic mass is 10.0. The molecule has 7 nitrogen and oxygen atoms in total. The van der Waals surface area contributed by atoms with Gasteiger partial charge in [0, 0.05) is 12.8 Å². The molecule has 0 N–H and O–H groups in total. The van der Waals surface area contributed by atoms with Crippen molar-refractivity contribution in [2.24, 2.45) is 0 Å². The Balaban J connectivity index is 2.02.